The van der Waals surface area contributed by atoms with Crippen LogP contribution in [0.5, 0.6) is 5.06 Å². The molecule has 0 aliphatic carbocycles. The molecule has 33 heavy (non-hydrogen) atoms. The van der Waals surface area contributed by atoms with Crippen LogP contribution in [0.15, 0.2) is 39.1 Å². The van der Waals surface area contributed by atoms with E-state index in [0.29, 0.717) is 53.5 Å². The van der Waals surface area contributed by atoms with E-state index in [1.807, 2.05) is 11.0 Å². The summed E-state index contributed by atoms with van der Waals surface area (Å²) < 4.78 is 11.7. The van der Waals surface area contributed by atoms with Gasteiger partial charge in [0.25, 0.3) is 5.91 Å². The van der Waals surface area contributed by atoms with Crippen LogP contribution in [-0.4, -0.2) is 61.7 Å². The van der Waals surface area contributed by atoms with Crippen molar-refractivity contribution in [2.45, 2.75) is 12.0 Å². The zero-order chi connectivity index (χ0) is 23.4. The number of nitrogens with one attached hydrogen (secondary N) is 2. The zero-order valence-electron chi connectivity index (χ0n) is 17.7. The number of ether oxygens (including phenoxy) is 2. The van der Waals surface area contributed by atoms with Crippen molar-refractivity contribution in [3.05, 3.63) is 39.1 Å². The molecule has 176 valence electrons. The second kappa shape index (κ2) is 10.6. The van der Waals surface area contributed by atoms with E-state index < -0.39 is 11.6 Å². The number of halogens is 2. The maximum Gasteiger partial charge on any atom is 0.414 e. The quantitative estimate of drug-likeness (QED) is 0.542. The number of nitrogens with zero attached hydrogens (tertiary/aromatic N) is 2. The third-order valence-electron chi connectivity index (χ3n) is 5.21. The molecule has 2 fully saturated rings. The Kier molecular flexibility index (Phi) is 7.85. The molecule has 0 saturated carbocycles. The van der Waals surface area contributed by atoms with E-state index in [4.69, 9.17) is 21.1 Å². The Bertz CT molecular complexity index is 1080. The van der Waals surface area contributed by atoms with Crippen LogP contribution < -0.4 is 20.3 Å². The smallest absolute Gasteiger partial charge is 0.399 e. The number of rotatable bonds is 5. The van der Waals surface area contributed by atoms with Gasteiger partial charge in [0.1, 0.15) is 11.4 Å². The van der Waals surface area contributed by atoms with Crippen LogP contribution in [-0.2, 0) is 9.53 Å². The van der Waals surface area contributed by atoms with Crippen molar-refractivity contribution in [2.75, 3.05) is 48.5 Å². The SMILES string of the molecule is CN=C1CCOCCN1c1ccc(NC(=O)C2(NC(=O)Oc3ccc(Br)s3)CSC2)cc1Cl. The van der Waals surface area contributed by atoms with E-state index >= 15 is 0 Å². The minimum atomic E-state index is -1.04. The molecule has 3 heterocycles. The van der Waals surface area contributed by atoms with E-state index in [1.165, 1.54) is 11.3 Å². The molecule has 0 bridgehead atoms. The van der Waals surface area contributed by atoms with Crippen LogP contribution in [0.1, 0.15) is 6.42 Å². The van der Waals surface area contributed by atoms with Gasteiger partial charge in [0.15, 0.2) is 5.06 Å². The lowest BCUT2D eigenvalue weighted by Crippen LogP contribution is -2.65. The molecule has 0 unspecified atom stereocenters. The van der Waals surface area contributed by atoms with Gasteiger partial charge in [-0.3, -0.25) is 9.79 Å². The highest BCUT2D eigenvalue weighted by Crippen LogP contribution is 2.34. The standard InChI is InChI=1S/C21H22BrClN4O4S2/c1-24-17-6-8-30-9-7-27(17)15-3-2-13(10-14(15)23)25-19(28)21(11-32-12-21)26-20(29)31-18-5-4-16(22)33-18/h2-5,10H,6-9,11-12H2,1H3,(H,25,28)(H,26,29). The Balaban J connectivity index is 1.43. The molecule has 2 amide bonds. The molecular weight excluding hydrogens is 552 g/mol. The van der Waals surface area contributed by atoms with Crippen molar-refractivity contribution in [1.82, 2.24) is 5.32 Å². The largest absolute Gasteiger partial charge is 0.414 e. The summed E-state index contributed by atoms with van der Waals surface area (Å²) in [5.41, 5.74) is 0.313. The number of carbonyl (C=O) groups is 2. The molecular formula is C21H22BrClN4O4S2. The lowest BCUT2D eigenvalue weighted by molar-refractivity contribution is -0.121. The van der Waals surface area contributed by atoms with Gasteiger partial charge < -0.3 is 25.0 Å². The van der Waals surface area contributed by atoms with Gasteiger partial charge in [-0.2, -0.15) is 11.8 Å². The van der Waals surface area contributed by atoms with E-state index in [0.717, 1.165) is 15.3 Å². The molecule has 4 rings (SSSR count). The predicted octanol–water partition coefficient (Wildman–Crippen LogP) is 4.63. The first-order valence-corrected chi connectivity index (χ1v) is 13.3. The highest BCUT2D eigenvalue weighted by Gasteiger charge is 2.47. The molecule has 8 nitrogen and oxygen atoms in total. The van der Waals surface area contributed by atoms with Crippen molar-refractivity contribution in [3.63, 3.8) is 0 Å². The van der Waals surface area contributed by atoms with Gasteiger partial charge in [-0.15, -0.1) is 0 Å². The summed E-state index contributed by atoms with van der Waals surface area (Å²) in [6.07, 6.45) is 0.0401. The Morgan fingerprint density at radius 1 is 1.27 bits per heavy atom. The summed E-state index contributed by atoms with van der Waals surface area (Å²) in [5, 5.41) is 6.55. The molecule has 1 aromatic carbocycles. The number of benzene rings is 1. The third kappa shape index (κ3) is 5.65. The number of anilines is 2. The maximum atomic E-state index is 13.1. The fraction of sp³-hybridized carbons (Fsp3) is 0.381. The summed E-state index contributed by atoms with van der Waals surface area (Å²) in [6, 6.07) is 8.82. The summed E-state index contributed by atoms with van der Waals surface area (Å²) in [4.78, 5) is 31.8. The Morgan fingerprint density at radius 3 is 2.73 bits per heavy atom. The molecule has 2 N–H and O–H groups in total. The second-order valence-electron chi connectivity index (χ2n) is 7.42. The van der Waals surface area contributed by atoms with Crippen LogP contribution in [0.25, 0.3) is 0 Å². The Hall–Kier alpha value is -1.79. The average molecular weight is 574 g/mol. The third-order valence-corrected chi connectivity index (χ3v) is 8.41. The molecule has 0 spiro atoms. The average Bonchev–Trinajstić information content (AvgIpc) is 3.01. The maximum absolute atomic E-state index is 13.1. The number of thiophene rings is 1. The normalized spacial score (nSPS) is 18.9. The summed E-state index contributed by atoms with van der Waals surface area (Å²) in [5.74, 6) is 1.50. The first-order chi connectivity index (χ1) is 15.9. The molecule has 2 aliphatic heterocycles. The van der Waals surface area contributed by atoms with Crippen LogP contribution in [0.3, 0.4) is 0 Å². The summed E-state index contributed by atoms with van der Waals surface area (Å²) in [7, 11) is 1.75. The van der Waals surface area contributed by atoms with Gasteiger partial charge >= 0.3 is 6.09 Å². The van der Waals surface area contributed by atoms with Gasteiger partial charge in [-0.05, 0) is 46.3 Å². The first kappa shape index (κ1) is 24.3. The monoisotopic (exact) mass is 572 g/mol. The van der Waals surface area contributed by atoms with Crippen LogP contribution in [0.4, 0.5) is 16.2 Å². The van der Waals surface area contributed by atoms with E-state index in [-0.39, 0.29) is 5.91 Å². The minimum absolute atomic E-state index is 0.312. The number of amidine groups is 1. The van der Waals surface area contributed by atoms with Crippen molar-refractivity contribution >= 4 is 79.8 Å². The lowest BCUT2D eigenvalue weighted by Gasteiger charge is -2.39. The molecule has 2 aromatic rings. The lowest BCUT2D eigenvalue weighted by atomic mass is 10.0. The van der Waals surface area contributed by atoms with E-state index in [1.54, 1.807) is 43.1 Å². The highest BCUT2D eigenvalue weighted by molar-refractivity contribution is 9.11. The van der Waals surface area contributed by atoms with Gasteiger partial charge in [0.2, 0.25) is 0 Å². The van der Waals surface area contributed by atoms with Crippen molar-refractivity contribution in [1.29, 1.82) is 0 Å². The van der Waals surface area contributed by atoms with Crippen LogP contribution >= 0.6 is 50.6 Å². The minimum Gasteiger partial charge on any atom is -0.399 e. The summed E-state index contributed by atoms with van der Waals surface area (Å²) >= 11 is 12.8. The van der Waals surface area contributed by atoms with Crippen molar-refractivity contribution in [3.8, 4) is 5.06 Å². The number of carbonyl (C=O) groups excluding carboxylic acids is 2. The number of hydrogen-bond acceptors (Lipinski definition) is 7. The molecule has 0 atom stereocenters. The highest BCUT2D eigenvalue weighted by atomic mass is 79.9. The van der Waals surface area contributed by atoms with Crippen LogP contribution in [0, 0.1) is 0 Å². The van der Waals surface area contributed by atoms with Gasteiger partial charge in [0.05, 0.1) is 27.7 Å². The van der Waals surface area contributed by atoms with Crippen molar-refractivity contribution in [2.24, 2.45) is 4.99 Å². The van der Waals surface area contributed by atoms with E-state index in [9.17, 15) is 9.59 Å². The molecule has 2 saturated heterocycles. The molecule has 2 aliphatic rings. The fourth-order valence-corrected chi connectivity index (χ4v) is 5.96. The number of hydrogen-bond donors (Lipinski definition) is 2. The molecule has 12 heteroatoms. The van der Waals surface area contributed by atoms with Crippen molar-refractivity contribution < 1.29 is 19.1 Å². The van der Waals surface area contributed by atoms with E-state index in [2.05, 4.69) is 31.6 Å². The number of aliphatic imine (C=N–C) groups is 1. The molecule has 0 radical (unpaired) electrons. The first-order valence-electron chi connectivity index (χ1n) is 10.2. The number of thioether (sulfide) groups is 1. The van der Waals surface area contributed by atoms with Gasteiger partial charge in [-0.1, -0.05) is 22.9 Å². The van der Waals surface area contributed by atoms with Gasteiger partial charge in [-0.25, -0.2) is 4.79 Å². The number of amides is 2. The Labute approximate surface area is 213 Å². The zero-order valence-corrected chi connectivity index (χ0v) is 21.7. The fourth-order valence-electron chi connectivity index (χ4n) is 3.46. The van der Waals surface area contributed by atoms with Crippen LogP contribution in [0.2, 0.25) is 5.02 Å². The summed E-state index contributed by atoms with van der Waals surface area (Å²) in [6.45, 7) is 1.84. The van der Waals surface area contributed by atoms with Gasteiger partial charge in [0, 0.05) is 37.2 Å². The predicted molar refractivity (Wildman–Crippen MR) is 137 cm³/mol. The molecule has 1 aromatic heterocycles. The second-order valence-corrected chi connectivity index (χ2v) is 11.2. The Morgan fingerprint density at radius 2 is 2.09 bits per heavy atom. The topological polar surface area (TPSA) is 92.3 Å².